The predicted octanol–water partition coefficient (Wildman–Crippen LogP) is 2.76. The lowest BCUT2D eigenvalue weighted by atomic mass is 10.1. The number of esters is 1. The molecule has 2 N–H and O–H groups in total. The molecular formula is C23H27N3O4. The average molecular weight is 409 g/mol. The Morgan fingerprint density at radius 3 is 2.43 bits per heavy atom. The first-order valence-electron chi connectivity index (χ1n) is 10.1. The number of amides is 2. The summed E-state index contributed by atoms with van der Waals surface area (Å²) in [6, 6.07) is 14.6. The van der Waals surface area contributed by atoms with Crippen LogP contribution in [0.1, 0.15) is 35.2 Å². The lowest BCUT2D eigenvalue weighted by molar-refractivity contribution is -0.120. The van der Waals surface area contributed by atoms with E-state index in [1.165, 1.54) is 7.11 Å². The second-order valence-corrected chi connectivity index (χ2v) is 7.23. The number of carbonyl (C=O) groups excluding carboxylic acids is 3. The highest BCUT2D eigenvalue weighted by molar-refractivity contribution is 5.98. The van der Waals surface area contributed by atoms with Gasteiger partial charge in [0.05, 0.1) is 30.5 Å². The number of carbonyl (C=O) groups is 3. The molecule has 0 atom stereocenters. The molecule has 30 heavy (non-hydrogen) atoms. The Labute approximate surface area is 176 Å². The molecule has 2 amide bonds. The number of anilines is 2. The monoisotopic (exact) mass is 409 g/mol. The molecule has 0 radical (unpaired) electrons. The summed E-state index contributed by atoms with van der Waals surface area (Å²) in [5, 5.41) is 5.66. The molecule has 0 saturated carbocycles. The molecule has 2 aromatic rings. The van der Waals surface area contributed by atoms with E-state index in [9.17, 15) is 14.4 Å². The fourth-order valence-corrected chi connectivity index (χ4v) is 3.49. The molecule has 1 saturated heterocycles. The first-order valence-corrected chi connectivity index (χ1v) is 10.1. The summed E-state index contributed by atoms with van der Waals surface area (Å²) < 4.78 is 4.79. The minimum atomic E-state index is -0.452. The molecule has 1 fully saturated rings. The molecule has 7 heteroatoms. The van der Waals surface area contributed by atoms with Crippen molar-refractivity contribution in [3.8, 4) is 0 Å². The molecule has 1 aliphatic rings. The van der Waals surface area contributed by atoms with Gasteiger partial charge in [-0.25, -0.2) is 4.79 Å². The third-order valence-electron chi connectivity index (χ3n) is 5.02. The minimum absolute atomic E-state index is 0.126. The van der Waals surface area contributed by atoms with Gasteiger partial charge in [0, 0.05) is 26.1 Å². The maximum atomic E-state index is 12.5. The van der Waals surface area contributed by atoms with Gasteiger partial charge < -0.3 is 20.3 Å². The number of nitrogens with zero attached hydrogens (tertiary/aromatic N) is 1. The van der Waals surface area contributed by atoms with E-state index in [0.717, 1.165) is 37.2 Å². The highest BCUT2D eigenvalue weighted by atomic mass is 16.5. The summed E-state index contributed by atoms with van der Waals surface area (Å²) in [5.41, 5.74) is 2.78. The van der Waals surface area contributed by atoms with Crippen molar-refractivity contribution in [1.29, 1.82) is 0 Å². The van der Waals surface area contributed by atoms with Gasteiger partial charge >= 0.3 is 5.97 Å². The SMILES string of the molecule is COC(=O)c1ccc(N2CCCC2)c(NC(=O)CCNC(=O)Cc2ccccc2)c1. The van der Waals surface area contributed by atoms with Crippen molar-refractivity contribution < 1.29 is 19.1 Å². The van der Waals surface area contributed by atoms with E-state index in [4.69, 9.17) is 4.74 Å². The van der Waals surface area contributed by atoms with Crippen molar-refractivity contribution in [3.63, 3.8) is 0 Å². The lowest BCUT2D eigenvalue weighted by Crippen LogP contribution is -2.29. The molecule has 0 aromatic heterocycles. The first-order chi connectivity index (χ1) is 14.6. The standard InChI is InChI=1S/C23H27N3O4/c1-30-23(29)18-9-10-20(26-13-5-6-14-26)19(16-18)25-21(27)11-12-24-22(28)15-17-7-3-2-4-8-17/h2-4,7-10,16H,5-6,11-15H2,1H3,(H,24,28)(H,25,27). The van der Waals surface area contributed by atoms with Gasteiger partial charge in [0.1, 0.15) is 0 Å². The van der Waals surface area contributed by atoms with Crippen LogP contribution in [-0.4, -0.2) is 44.5 Å². The number of methoxy groups -OCH3 is 1. The van der Waals surface area contributed by atoms with Crippen LogP contribution in [0, 0.1) is 0 Å². The quantitative estimate of drug-likeness (QED) is 0.655. The number of hydrogen-bond acceptors (Lipinski definition) is 5. The smallest absolute Gasteiger partial charge is 0.337 e. The summed E-state index contributed by atoms with van der Waals surface area (Å²) in [4.78, 5) is 38.6. The van der Waals surface area contributed by atoms with Gasteiger partial charge in [0.2, 0.25) is 11.8 Å². The van der Waals surface area contributed by atoms with Crippen molar-refractivity contribution in [2.45, 2.75) is 25.7 Å². The van der Waals surface area contributed by atoms with E-state index < -0.39 is 5.97 Å². The van der Waals surface area contributed by atoms with Crippen LogP contribution in [0.25, 0.3) is 0 Å². The summed E-state index contributed by atoms with van der Waals surface area (Å²) >= 11 is 0. The molecule has 1 aliphatic heterocycles. The van der Waals surface area contributed by atoms with Crippen LogP contribution in [0.15, 0.2) is 48.5 Å². The zero-order valence-electron chi connectivity index (χ0n) is 17.1. The number of hydrogen-bond donors (Lipinski definition) is 2. The van der Waals surface area contributed by atoms with Gasteiger partial charge in [-0.05, 0) is 36.6 Å². The number of rotatable bonds is 8. The minimum Gasteiger partial charge on any atom is -0.465 e. The summed E-state index contributed by atoms with van der Waals surface area (Å²) in [7, 11) is 1.33. The molecule has 2 aromatic carbocycles. The van der Waals surface area contributed by atoms with Crippen LogP contribution in [0.5, 0.6) is 0 Å². The van der Waals surface area contributed by atoms with Crippen LogP contribution in [-0.2, 0) is 20.7 Å². The molecule has 0 unspecified atom stereocenters. The largest absolute Gasteiger partial charge is 0.465 e. The molecular weight excluding hydrogens is 382 g/mol. The second kappa shape index (κ2) is 10.4. The Balaban J connectivity index is 1.57. The van der Waals surface area contributed by atoms with E-state index >= 15 is 0 Å². The zero-order chi connectivity index (χ0) is 21.3. The van der Waals surface area contributed by atoms with E-state index in [1.54, 1.807) is 12.1 Å². The van der Waals surface area contributed by atoms with Gasteiger partial charge in [0.15, 0.2) is 0 Å². The van der Waals surface area contributed by atoms with Crippen LogP contribution in [0.3, 0.4) is 0 Å². The molecule has 7 nitrogen and oxygen atoms in total. The topological polar surface area (TPSA) is 87.7 Å². The third kappa shape index (κ3) is 5.83. The van der Waals surface area contributed by atoms with Crippen LogP contribution in [0.2, 0.25) is 0 Å². The van der Waals surface area contributed by atoms with Crippen LogP contribution < -0.4 is 15.5 Å². The van der Waals surface area contributed by atoms with Gasteiger partial charge in [-0.2, -0.15) is 0 Å². The highest BCUT2D eigenvalue weighted by Gasteiger charge is 2.19. The van der Waals surface area contributed by atoms with E-state index in [2.05, 4.69) is 15.5 Å². The molecule has 3 rings (SSSR count). The Morgan fingerprint density at radius 1 is 1.00 bits per heavy atom. The van der Waals surface area contributed by atoms with E-state index in [1.807, 2.05) is 36.4 Å². The molecule has 1 heterocycles. The van der Waals surface area contributed by atoms with Crippen molar-refractivity contribution >= 4 is 29.2 Å². The van der Waals surface area contributed by atoms with Gasteiger partial charge in [-0.3, -0.25) is 9.59 Å². The molecule has 0 aliphatic carbocycles. The fraction of sp³-hybridized carbons (Fsp3) is 0.348. The average Bonchev–Trinajstić information content (AvgIpc) is 3.28. The zero-order valence-corrected chi connectivity index (χ0v) is 17.1. The van der Waals surface area contributed by atoms with Crippen molar-refractivity contribution in [3.05, 3.63) is 59.7 Å². The summed E-state index contributed by atoms with van der Waals surface area (Å²) in [6.45, 7) is 2.07. The van der Waals surface area contributed by atoms with Crippen molar-refractivity contribution in [1.82, 2.24) is 5.32 Å². The number of benzene rings is 2. The van der Waals surface area contributed by atoms with Crippen LogP contribution >= 0.6 is 0 Å². The van der Waals surface area contributed by atoms with Gasteiger partial charge in [-0.15, -0.1) is 0 Å². The molecule has 0 bridgehead atoms. The summed E-state index contributed by atoms with van der Waals surface area (Å²) in [6.07, 6.45) is 2.62. The Hall–Kier alpha value is -3.35. The molecule has 158 valence electrons. The third-order valence-corrected chi connectivity index (χ3v) is 5.02. The second-order valence-electron chi connectivity index (χ2n) is 7.23. The Kier molecular flexibility index (Phi) is 7.43. The maximum absolute atomic E-state index is 12.5. The van der Waals surface area contributed by atoms with E-state index in [-0.39, 0.29) is 31.2 Å². The lowest BCUT2D eigenvalue weighted by Gasteiger charge is -2.22. The number of nitrogens with one attached hydrogen (secondary N) is 2. The fourth-order valence-electron chi connectivity index (χ4n) is 3.49. The first kappa shape index (κ1) is 21.4. The van der Waals surface area contributed by atoms with Gasteiger partial charge in [-0.1, -0.05) is 30.3 Å². The maximum Gasteiger partial charge on any atom is 0.337 e. The normalized spacial score (nSPS) is 13.0. The van der Waals surface area contributed by atoms with Crippen LogP contribution in [0.4, 0.5) is 11.4 Å². The Bertz CT molecular complexity index is 893. The highest BCUT2D eigenvalue weighted by Crippen LogP contribution is 2.30. The number of ether oxygens (including phenoxy) is 1. The summed E-state index contributed by atoms with van der Waals surface area (Å²) in [5.74, 6) is -0.802. The molecule has 0 spiro atoms. The van der Waals surface area contributed by atoms with E-state index in [0.29, 0.717) is 11.3 Å². The predicted molar refractivity (Wildman–Crippen MR) is 116 cm³/mol. The Morgan fingerprint density at radius 2 is 1.73 bits per heavy atom. The van der Waals surface area contributed by atoms with Crippen molar-refractivity contribution in [2.75, 3.05) is 37.0 Å². The van der Waals surface area contributed by atoms with Crippen molar-refractivity contribution in [2.24, 2.45) is 0 Å². The van der Waals surface area contributed by atoms with Gasteiger partial charge in [0.25, 0.3) is 0 Å².